The molecular formula is C22H18N4O2. The van der Waals surface area contributed by atoms with Crippen LogP contribution in [-0.2, 0) is 6.54 Å². The van der Waals surface area contributed by atoms with Gasteiger partial charge in [0.15, 0.2) is 0 Å². The molecule has 0 bridgehead atoms. The number of carbonyl (C=O) groups is 1. The van der Waals surface area contributed by atoms with Gasteiger partial charge in [0, 0.05) is 42.5 Å². The Balaban J connectivity index is 1.22. The number of carbonyl (C=O) groups excluding carboxylic acids is 1. The summed E-state index contributed by atoms with van der Waals surface area (Å²) in [7, 11) is 0. The van der Waals surface area contributed by atoms with Gasteiger partial charge in [-0.15, -0.1) is 0 Å². The second-order valence-electron chi connectivity index (χ2n) is 7.59. The Morgan fingerprint density at radius 2 is 2.07 bits per heavy atom. The van der Waals surface area contributed by atoms with Gasteiger partial charge in [-0.2, -0.15) is 0 Å². The topological polar surface area (TPSA) is 63.6 Å². The Morgan fingerprint density at radius 1 is 1.14 bits per heavy atom. The Hall–Kier alpha value is -3.41. The zero-order valence-corrected chi connectivity index (χ0v) is 15.2. The van der Waals surface area contributed by atoms with Crippen molar-refractivity contribution in [1.29, 1.82) is 0 Å². The molecule has 1 saturated carbocycles. The zero-order valence-electron chi connectivity index (χ0n) is 15.2. The second-order valence-corrected chi connectivity index (χ2v) is 7.59. The molecule has 138 valence electrons. The molecule has 4 aromatic rings. The van der Waals surface area contributed by atoms with Gasteiger partial charge in [0.2, 0.25) is 5.89 Å². The first kappa shape index (κ1) is 15.6. The molecule has 1 amide bonds. The number of amides is 1. The van der Waals surface area contributed by atoms with Gasteiger partial charge >= 0.3 is 0 Å². The number of benzene rings is 1. The summed E-state index contributed by atoms with van der Waals surface area (Å²) in [6.45, 7) is 1.37. The van der Waals surface area contributed by atoms with E-state index in [0.29, 0.717) is 24.3 Å². The third-order valence-electron chi connectivity index (χ3n) is 5.85. The molecule has 6 nitrogen and oxygen atoms in total. The SMILES string of the molecule is O=C1c2cccc(-c3ncco3)c2CN1CC1C[C@H]1c1cn2ccccc2n1. The van der Waals surface area contributed by atoms with E-state index in [-0.39, 0.29) is 5.91 Å². The number of hydrogen-bond acceptors (Lipinski definition) is 4. The lowest BCUT2D eigenvalue weighted by Gasteiger charge is -2.15. The van der Waals surface area contributed by atoms with Gasteiger partial charge in [0.25, 0.3) is 5.91 Å². The number of pyridine rings is 1. The number of imidazole rings is 1. The van der Waals surface area contributed by atoms with E-state index in [0.717, 1.165) is 41.0 Å². The molecule has 1 aliphatic carbocycles. The summed E-state index contributed by atoms with van der Waals surface area (Å²) in [5.74, 6) is 1.57. The van der Waals surface area contributed by atoms with Crippen LogP contribution in [0.15, 0.2) is 65.7 Å². The Morgan fingerprint density at radius 3 is 2.93 bits per heavy atom. The molecule has 2 atom stereocenters. The zero-order chi connectivity index (χ0) is 18.7. The average Bonchev–Trinajstić information content (AvgIpc) is 3.08. The fourth-order valence-electron chi connectivity index (χ4n) is 4.32. The van der Waals surface area contributed by atoms with Crippen LogP contribution in [0.25, 0.3) is 17.1 Å². The minimum absolute atomic E-state index is 0.101. The van der Waals surface area contributed by atoms with Gasteiger partial charge in [0.05, 0.1) is 11.9 Å². The first-order valence-electron chi connectivity index (χ1n) is 9.52. The monoisotopic (exact) mass is 370 g/mol. The summed E-state index contributed by atoms with van der Waals surface area (Å²) in [6, 6.07) is 11.8. The molecule has 2 aliphatic rings. The van der Waals surface area contributed by atoms with Crippen LogP contribution >= 0.6 is 0 Å². The van der Waals surface area contributed by atoms with E-state index in [9.17, 15) is 4.79 Å². The standard InChI is InChI=1S/C22H18N4O2/c27-22-16-5-3-4-15(21-23-7-9-28-21)18(16)12-26(22)11-14-10-17(14)19-13-25-8-2-1-6-20(25)24-19/h1-9,13-14,17H,10-12H2/t14?,17-/m1/s1. The van der Waals surface area contributed by atoms with Crippen molar-refractivity contribution in [3.8, 4) is 11.5 Å². The third-order valence-corrected chi connectivity index (χ3v) is 5.85. The summed E-state index contributed by atoms with van der Waals surface area (Å²) in [5, 5.41) is 0. The van der Waals surface area contributed by atoms with Gasteiger partial charge in [-0.3, -0.25) is 4.79 Å². The van der Waals surface area contributed by atoms with Gasteiger partial charge < -0.3 is 13.7 Å². The highest BCUT2D eigenvalue weighted by Crippen LogP contribution is 2.48. The molecule has 1 fully saturated rings. The van der Waals surface area contributed by atoms with Crippen LogP contribution in [0, 0.1) is 5.92 Å². The second kappa shape index (κ2) is 5.79. The van der Waals surface area contributed by atoms with Gasteiger partial charge in [-0.1, -0.05) is 12.1 Å². The van der Waals surface area contributed by atoms with Gasteiger partial charge in [0.1, 0.15) is 11.9 Å². The smallest absolute Gasteiger partial charge is 0.254 e. The van der Waals surface area contributed by atoms with Crippen LogP contribution in [0.1, 0.15) is 34.0 Å². The first-order chi connectivity index (χ1) is 13.8. The maximum Gasteiger partial charge on any atom is 0.254 e. The molecule has 6 heteroatoms. The van der Waals surface area contributed by atoms with Crippen molar-refractivity contribution in [3.05, 3.63) is 78.1 Å². The average molecular weight is 370 g/mol. The maximum atomic E-state index is 12.9. The van der Waals surface area contributed by atoms with Crippen LogP contribution in [-0.4, -0.2) is 31.7 Å². The predicted molar refractivity (Wildman–Crippen MR) is 103 cm³/mol. The third kappa shape index (κ3) is 2.37. The van der Waals surface area contributed by atoms with E-state index in [1.807, 2.05) is 47.5 Å². The van der Waals surface area contributed by atoms with Crippen LogP contribution in [0.2, 0.25) is 0 Å². The molecule has 4 heterocycles. The molecule has 0 saturated heterocycles. The van der Waals surface area contributed by atoms with Crippen molar-refractivity contribution < 1.29 is 9.21 Å². The summed E-state index contributed by atoms with van der Waals surface area (Å²) in [5.41, 5.74) is 4.79. The highest BCUT2D eigenvalue weighted by atomic mass is 16.3. The minimum Gasteiger partial charge on any atom is -0.445 e. The Labute approximate surface area is 161 Å². The van der Waals surface area contributed by atoms with E-state index in [1.54, 1.807) is 12.5 Å². The number of hydrogen-bond donors (Lipinski definition) is 0. The quantitative estimate of drug-likeness (QED) is 0.549. The predicted octanol–water partition coefficient (Wildman–Crippen LogP) is 3.75. The molecule has 0 N–H and O–H groups in total. The number of rotatable bonds is 4. The lowest BCUT2D eigenvalue weighted by molar-refractivity contribution is 0.0770. The molecule has 1 aromatic carbocycles. The maximum absolute atomic E-state index is 12.9. The number of aromatic nitrogens is 3. The minimum atomic E-state index is 0.101. The molecule has 6 rings (SSSR count). The highest BCUT2D eigenvalue weighted by molar-refractivity contribution is 6.00. The summed E-state index contributed by atoms with van der Waals surface area (Å²) < 4.78 is 7.52. The molecular weight excluding hydrogens is 352 g/mol. The van der Waals surface area contributed by atoms with E-state index in [2.05, 4.69) is 15.6 Å². The number of oxazole rings is 1. The van der Waals surface area contributed by atoms with E-state index >= 15 is 0 Å². The molecule has 0 spiro atoms. The summed E-state index contributed by atoms with van der Waals surface area (Å²) >= 11 is 0. The van der Waals surface area contributed by atoms with Crippen LogP contribution in [0.4, 0.5) is 0 Å². The highest BCUT2D eigenvalue weighted by Gasteiger charge is 2.43. The fraction of sp³-hybridized carbons (Fsp3) is 0.227. The van der Waals surface area contributed by atoms with E-state index in [1.165, 1.54) is 0 Å². The normalized spacial score (nSPS) is 20.7. The Bertz CT molecular complexity index is 1160. The van der Waals surface area contributed by atoms with Crippen LogP contribution in [0.5, 0.6) is 0 Å². The molecule has 1 unspecified atom stereocenters. The van der Waals surface area contributed by atoms with Crippen LogP contribution < -0.4 is 0 Å². The van der Waals surface area contributed by atoms with Crippen LogP contribution in [0.3, 0.4) is 0 Å². The molecule has 0 radical (unpaired) electrons. The molecule has 3 aromatic heterocycles. The van der Waals surface area contributed by atoms with Crippen molar-refractivity contribution in [3.63, 3.8) is 0 Å². The lowest BCUT2D eigenvalue weighted by Crippen LogP contribution is -2.26. The fourth-order valence-corrected chi connectivity index (χ4v) is 4.32. The van der Waals surface area contributed by atoms with Gasteiger partial charge in [-0.05, 0) is 42.2 Å². The summed E-state index contributed by atoms with van der Waals surface area (Å²) in [4.78, 5) is 23.9. The lowest BCUT2D eigenvalue weighted by atomic mass is 10.0. The van der Waals surface area contributed by atoms with Crippen molar-refractivity contribution in [1.82, 2.24) is 19.3 Å². The van der Waals surface area contributed by atoms with Gasteiger partial charge in [-0.25, -0.2) is 9.97 Å². The van der Waals surface area contributed by atoms with Crippen molar-refractivity contribution >= 4 is 11.6 Å². The number of nitrogens with zero attached hydrogens (tertiary/aromatic N) is 4. The van der Waals surface area contributed by atoms with Crippen molar-refractivity contribution in [2.24, 2.45) is 5.92 Å². The van der Waals surface area contributed by atoms with E-state index < -0.39 is 0 Å². The summed E-state index contributed by atoms with van der Waals surface area (Å²) in [6.07, 6.45) is 8.41. The van der Waals surface area contributed by atoms with Crippen molar-refractivity contribution in [2.75, 3.05) is 6.54 Å². The number of fused-ring (bicyclic) bond motifs is 2. The van der Waals surface area contributed by atoms with E-state index in [4.69, 9.17) is 9.40 Å². The molecule has 1 aliphatic heterocycles. The Kier molecular flexibility index (Phi) is 3.23. The van der Waals surface area contributed by atoms with Crippen molar-refractivity contribution in [2.45, 2.75) is 18.9 Å². The molecule has 28 heavy (non-hydrogen) atoms. The largest absolute Gasteiger partial charge is 0.445 e. The first-order valence-corrected chi connectivity index (χ1v) is 9.52.